The Morgan fingerprint density at radius 3 is 2.30 bits per heavy atom. The van der Waals surface area contributed by atoms with Crippen molar-refractivity contribution in [2.45, 2.75) is 102 Å². The number of ether oxygens (including phenoxy) is 3. The summed E-state index contributed by atoms with van der Waals surface area (Å²) in [6.45, 7) is 4.48. The van der Waals surface area contributed by atoms with Crippen molar-refractivity contribution in [2.24, 2.45) is 0 Å². The Morgan fingerprint density at radius 2 is 1.55 bits per heavy atom. The van der Waals surface area contributed by atoms with E-state index in [2.05, 4.69) is 33.5 Å². The topological polar surface area (TPSA) is 283 Å². The molecular weight excluding hydrogens is 988 g/mol. The van der Waals surface area contributed by atoms with Gasteiger partial charge >= 0.3 is 5.97 Å². The number of esters is 1. The maximum atomic E-state index is 15.4. The third-order valence-corrected chi connectivity index (χ3v) is 14.4. The number of hydrogen-bond donors (Lipinski definition) is 6. The fraction of sp³-hybridized carbons (Fsp3) is 0.444. The Hall–Kier alpha value is -7.69. The van der Waals surface area contributed by atoms with Crippen LogP contribution in [0, 0.1) is 12.7 Å². The summed E-state index contributed by atoms with van der Waals surface area (Å²) in [5, 5.41) is 24.8. The van der Waals surface area contributed by atoms with Crippen LogP contribution in [0.2, 0.25) is 0 Å². The average molecular weight is 1050 g/mol. The summed E-state index contributed by atoms with van der Waals surface area (Å²) in [4.78, 5) is 120. The Bertz CT molecular complexity index is 3070. The molecule has 4 aromatic rings. The number of pyridine rings is 2. The van der Waals surface area contributed by atoms with Crippen molar-refractivity contribution in [2.75, 3.05) is 52.7 Å². The molecular formula is C54H61FN8O13. The Balaban J connectivity index is 0.786. The number of rotatable bonds is 24. The van der Waals surface area contributed by atoms with Gasteiger partial charge < -0.3 is 50.5 Å². The molecule has 0 radical (unpaired) electrons. The number of nitrogens with zero attached hydrogens (tertiary/aromatic N) is 3. The van der Waals surface area contributed by atoms with Crippen molar-refractivity contribution in [1.29, 1.82) is 0 Å². The normalized spacial score (nSPS) is 18.4. The van der Waals surface area contributed by atoms with Gasteiger partial charge in [0, 0.05) is 59.5 Å². The molecule has 22 heteroatoms. The van der Waals surface area contributed by atoms with Crippen LogP contribution in [0.25, 0.3) is 22.3 Å². The minimum atomic E-state index is -2.01. The zero-order valence-corrected chi connectivity index (χ0v) is 42.6. The molecule has 1 aliphatic carbocycles. The number of aryl methyl sites for hydroxylation is 1. The van der Waals surface area contributed by atoms with Crippen LogP contribution in [0.15, 0.2) is 59.4 Å². The Kier molecular flexibility index (Phi) is 16.8. The number of cyclic esters (lactones) is 1. The number of imide groups is 1. The third-order valence-electron chi connectivity index (χ3n) is 14.4. The molecule has 1 unspecified atom stereocenters. The number of carbonyl (C=O) groups excluding carboxylic acids is 8. The number of nitrogens with one attached hydrogen (secondary N) is 5. The number of halogens is 1. The maximum absolute atomic E-state index is 15.4. The highest BCUT2D eigenvalue weighted by molar-refractivity contribution is 6.12. The highest BCUT2D eigenvalue weighted by Gasteiger charge is 2.47. The van der Waals surface area contributed by atoms with Gasteiger partial charge in [0.05, 0.1) is 68.5 Å². The van der Waals surface area contributed by atoms with Crippen molar-refractivity contribution in [3.63, 3.8) is 0 Å². The lowest BCUT2D eigenvalue weighted by Crippen LogP contribution is -2.52. The van der Waals surface area contributed by atoms with E-state index in [-0.39, 0.29) is 101 Å². The lowest BCUT2D eigenvalue weighted by molar-refractivity contribution is -0.172. The van der Waals surface area contributed by atoms with Gasteiger partial charge in [0.2, 0.25) is 29.5 Å². The molecule has 76 heavy (non-hydrogen) atoms. The van der Waals surface area contributed by atoms with E-state index in [9.17, 15) is 48.3 Å². The lowest BCUT2D eigenvalue weighted by atomic mass is 9.69. The Morgan fingerprint density at radius 1 is 0.855 bits per heavy atom. The summed E-state index contributed by atoms with van der Waals surface area (Å²) in [5.41, 5.74) is 2.37. The molecule has 8 rings (SSSR count). The fourth-order valence-corrected chi connectivity index (χ4v) is 10.2. The predicted molar refractivity (Wildman–Crippen MR) is 270 cm³/mol. The van der Waals surface area contributed by atoms with Crippen molar-refractivity contribution in [1.82, 2.24) is 41.0 Å². The second kappa shape index (κ2) is 23.5. The average Bonchev–Trinajstić information content (AvgIpc) is 4.03. The molecule has 2 aromatic carbocycles. The van der Waals surface area contributed by atoms with Gasteiger partial charge in [-0.05, 0) is 67.3 Å². The van der Waals surface area contributed by atoms with Crippen molar-refractivity contribution in [3.8, 4) is 11.4 Å². The number of amides is 7. The molecule has 0 saturated heterocycles. The predicted octanol–water partition coefficient (Wildman–Crippen LogP) is 1.40. The summed E-state index contributed by atoms with van der Waals surface area (Å²) in [6.07, 6.45) is 5.33. The highest BCUT2D eigenvalue weighted by Crippen LogP contribution is 2.49. The molecule has 5 heterocycles. The maximum Gasteiger partial charge on any atom is 0.343 e. The van der Waals surface area contributed by atoms with E-state index in [0.717, 1.165) is 32.5 Å². The largest absolute Gasteiger partial charge is 0.458 e. The first-order valence-electron chi connectivity index (χ1n) is 25.3. The van der Waals surface area contributed by atoms with Gasteiger partial charge in [0.15, 0.2) is 5.60 Å². The first kappa shape index (κ1) is 54.6. The van der Waals surface area contributed by atoms with E-state index in [1.165, 1.54) is 18.2 Å². The first-order chi connectivity index (χ1) is 36.4. The smallest absolute Gasteiger partial charge is 0.343 e. The second-order valence-corrected chi connectivity index (χ2v) is 19.6. The van der Waals surface area contributed by atoms with E-state index >= 15 is 4.39 Å². The molecule has 0 saturated carbocycles. The van der Waals surface area contributed by atoms with E-state index in [0.29, 0.717) is 54.6 Å². The van der Waals surface area contributed by atoms with Crippen LogP contribution in [0.1, 0.15) is 91.3 Å². The monoisotopic (exact) mass is 1050 g/mol. The van der Waals surface area contributed by atoms with Crippen LogP contribution < -0.4 is 32.1 Å². The number of aliphatic hydroxyl groups is 1. The standard InChI is InChI=1S/C54H61FN8O13/c1-4-54(73)36-22-40-49-34(27-63(40)51(71)35(36)28-76-52(54)72)48-47-33(31(2)37(55)23-38(47)61-49)16-17-53(48,3)29-74-19-20-75-30-59-43(66)25-58-50(70)39(21-32-11-7-5-8-12-32)60-44(67)26-57-42(65)24-56-41(64)13-9-6-10-18-62-45(68)14-15-46(62)69/h5,7-8,11-12,14-15,22-23,39,73H,4,6,9-10,13,16-21,24-30H2,1-3H3,(H,56,64)(H,57,65)(H,58,70)(H,59,66)(H,60,67)/t39-,53?,54-/m0/s1. The van der Waals surface area contributed by atoms with Gasteiger partial charge in [-0.15, -0.1) is 0 Å². The Labute approximate surface area is 436 Å². The van der Waals surface area contributed by atoms with Crippen LogP contribution in [0.3, 0.4) is 0 Å². The van der Waals surface area contributed by atoms with Gasteiger partial charge in [0.1, 0.15) is 25.2 Å². The molecule has 6 N–H and O–H groups in total. The molecule has 0 spiro atoms. The van der Waals surface area contributed by atoms with Crippen LogP contribution in [-0.2, 0) is 89.6 Å². The van der Waals surface area contributed by atoms with Gasteiger partial charge in [-0.25, -0.2) is 14.2 Å². The molecule has 21 nitrogen and oxygen atoms in total. The van der Waals surface area contributed by atoms with Crippen molar-refractivity contribution in [3.05, 3.63) is 110 Å². The third kappa shape index (κ3) is 11.7. The number of benzene rings is 2. The number of hydrogen-bond acceptors (Lipinski definition) is 14. The minimum Gasteiger partial charge on any atom is -0.458 e. The summed E-state index contributed by atoms with van der Waals surface area (Å²) >= 11 is 0. The van der Waals surface area contributed by atoms with Crippen molar-refractivity contribution < 1.29 is 62.1 Å². The fourth-order valence-electron chi connectivity index (χ4n) is 10.2. The zero-order chi connectivity index (χ0) is 54.3. The molecule has 2 aromatic heterocycles. The molecule has 7 amide bonds. The van der Waals surface area contributed by atoms with Crippen LogP contribution in [0.4, 0.5) is 4.39 Å². The van der Waals surface area contributed by atoms with Gasteiger partial charge in [-0.1, -0.05) is 50.6 Å². The summed E-state index contributed by atoms with van der Waals surface area (Å²) in [5.74, 6) is -4.89. The quantitative estimate of drug-likeness (QED) is 0.0221. The highest BCUT2D eigenvalue weighted by atomic mass is 19.1. The molecule has 3 aliphatic heterocycles. The van der Waals surface area contributed by atoms with E-state index in [1.54, 1.807) is 54.8 Å². The summed E-state index contributed by atoms with van der Waals surface area (Å²) in [7, 11) is 0. The molecule has 4 aliphatic rings. The van der Waals surface area contributed by atoms with E-state index in [1.807, 2.05) is 0 Å². The first-order valence-corrected chi connectivity index (χ1v) is 25.3. The summed E-state index contributed by atoms with van der Waals surface area (Å²) in [6, 6.07) is 10.8. The molecule has 0 bridgehead atoms. The molecule has 0 fully saturated rings. The van der Waals surface area contributed by atoms with Gasteiger partial charge in [-0.2, -0.15) is 0 Å². The number of carbonyl (C=O) groups is 8. The van der Waals surface area contributed by atoms with Crippen LogP contribution in [0.5, 0.6) is 0 Å². The van der Waals surface area contributed by atoms with E-state index in [4.69, 9.17) is 19.2 Å². The van der Waals surface area contributed by atoms with Crippen LogP contribution in [-0.4, -0.2) is 126 Å². The zero-order valence-electron chi connectivity index (χ0n) is 42.6. The van der Waals surface area contributed by atoms with Gasteiger partial charge in [0.25, 0.3) is 17.4 Å². The number of unbranched alkanes of at least 4 members (excludes halogenated alkanes) is 2. The van der Waals surface area contributed by atoms with Crippen LogP contribution >= 0.6 is 0 Å². The number of fused-ring (bicyclic) bond motifs is 5. The van der Waals surface area contributed by atoms with Gasteiger partial charge in [-0.3, -0.25) is 43.3 Å². The molecule has 402 valence electrons. The summed E-state index contributed by atoms with van der Waals surface area (Å²) < 4.78 is 34.1. The van der Waals surface area contributed by atoms with Crippen molar-refractivity contribution >= 4 is 58.2 Å². The number of aromatic nitrogens is 2. The molecule has 3 atom stereocenters. The minimum absolute atomic E-state index is 0.0121. The van der Waals surface area contributed by atoms with E-state index < -0.39 is 71.1 Å². The lowest BCUT2D eigenvalue weighted by Gasteiger charge is -2.37. The SMILES string of the molecule is CC[C@@]1(O)C(=O)OCc2c1cc1n(c2=O)Cc2c-1nc1cc(F)c(C)c3c1c2C(C)(COCCOCNC(=O)CNC(=O)[C@H](Cc1ccccc1)NC(=O)CNC(=O)CNC(=O)CCCCCN1C(=O)C=CC1=O)CC3. The second-order valence-electron chi connectivity index (χ2n) is 19.6.